The summed E-state index contributed by atoms with van der Waals surface area (Å²) in [6.45, 7) is 8.67. The zero-order valence-corrected chi connectivity index (χ0v) is 17.9. The van der Waals surface area contributed by atoms with E-state index in [2.05, 4.69) is 11.9 Å². The van der Waals surface area contributed by atoms with Gasteiger partial charge >= 0.3 is 5.69 Å². The van der Waals surface area contributed by atoms with Gasteiger partial charge in [-0.05, 0) is 43.9 Å². The lowest BCUT2D eigenvalue weighted by Gasteiger charge is -2.25. The smallest absolute Gasteiger partial charge is 0.330 e. The van der Waals surface area contributed by atoms with Crippen molar-refractivity contribution >= 4 is 17.4 Å². The van der Waals surface area contributed by atoms with Crippen molar-refractivity contribution < 1.29 is 4.79 Å². The Labute approximate surface area is 171 Å². The van der Waals surface area contributed by atoms with Crippen LogP contribution in [0.25, 0.3) is 0 Å². The topological polar surface area (TPSA) is 101 Å². The summed E-state index contributed by atoms with van der Waals surface area (Å²) >= 11 is 0. The van der Waals surface area contributed by atoms with Crippen molar-refractivity contribution in [1.29, 1.82) is 0 Å². The van der Waals surface area contributed by atoms with E-state index in [1.54, 1.807) is 6.07 Å². The van der Waals surface area contributed by atoms with Crippen LogP contribution < -0.4 is 21.9 Å². The summed E-state index contributed by atoms with van der Waals surface area (Å²) in [6, 6.07) is 5.53. The number of amides is 1. The van der Waals surface area contributed by atoms with Crippen LogP contribution in [0.2, 0.25) is 0 Å². The van der Waals surface area contributed by atoms with Gasteiger partial charge in [0.1, 0.15) is 5.82 Å². The first-order valence-corrected chi connectivity index (χ1v) is 10.3. The predicted molar refractivity (Wildman–Crippen MR) is 118 cm³/mol. The maximum absolute atomic E-state index is 13.5. The number of nitrogen functional groups attached to an aromatic ring is 1. The molecule has 0 fully saturated rings. The summed E-state index contributed by atoms with van der Waals surface area (Å²) in [5.74, 6) is -0.234. The minimum atomic E-state index is -0.629. The van der Waals surface area contributed by atoms with Crippen LogP contribution in [0.1, 0.15) is 67.4 Å². The number of nitrogens with zero attached hydrogens (tertiary/aromatic N) is 2. The highest BCUT2D eigenvalue weighted by molar-refractivity contribution is 6.08. The van der Waals surface area contributed by atoms with E-state index in [4.69, 9.17) is 5.73 Å². The molecule has 0 bridgehead atoms. The van der Waals surface area contributed by atoms with E-state index < -0.39 is 11.2 Å². The summed E-state index contributed by atoms with van der Waals surface area (Å²) < 4.78 is 1.35. The first-order valence-electron chi connectivity index (χ1n) is 10.3. The summed E-state index contributed by atoms with van der Waals surface area (Å²) in [5, 5.41) is 0. The van der Waals surface area contributed by atoms with E-state index in [-0.39, 0.29) is 17.4 Å². The highest BCUT2D eigenvalue weighted by Gasteiger charge is 2.26. The molecule has 7 nitrogen and oxygen atoms in total. The number of benzene rings is 1. The zero-order chi connectivity index (χ0) is 21.6. The Balaban J connectivity index is 2.61. The van der Waals surface area contributed by atoms with Gasteiger partial charge in [0.25, 0.3) is 11.5 Å². The minimum absolute atomic E-state index is 0.0438. The van der Waals surface area contributed by atoms with Gasteiger partial charge in [-0.25, -0.2) is 4.79 Å². The van der Waals surface area contributed by atoms with Crippen LogP contribution in [0.4, 0.5) is 11.5 Å². The van der Waals surface area contributed by atoms with Crippen LogP contribution in [-0.4, -0.2) is 22.0 Å². The number of H-pyrrole nitrogens is 1. The van der Waals surface area contributed by atoms with Gasteiger partial charge < -0.3 is 10.6 Å². The van der Waals surface area contributed by atoms with Gasteiger partial charge in [0, 0.05) is 18.7 Å². The quantitative estimate of drug-likeness (QED) is 0.630. The fourth-order valence-electron chi connectivity index (χ4n) is 3.34. The number of hydrogen-bond donors (Lipinski definition) is 2. The molecule has 1 aromatic heterocycles. The second kappa shape index (κ2) is 10.1. The predicted octanol–water partition coefficient (Wildman–Crippen LogP) is 3.37. The fraction of sp³-hybridized carbons (Fsp3) is 0.500. The van der Waals surface area contributed by atoms with Crippen molar-refractivity contribution in [2.24, 2.45) is 0 Å². The molecule has 3 N–H and O–H groups in total. The molecule has 1 heterocycles. The first kappa shape index (κ1) is 22.5. The van der Waals surface area contributed by atoms with Gasteiger partial charge in [0.05, 0.1) is 0 Å². The van der Waals surface area contributed by atoms with Crippen molar-refractivity contribution in [3.8, 4) is 0 Å². The average molecular weight is 401 g/mol. The minimum Gasteiger partial charge on any atom is -0.383 e. The molecule has 0 saturated heterocycles. The summed E-state index contributed by atoms with van der Waals surface area (Å²) in [4.78, 5) is 42.2. The molecule has 0 aliphatic heterocycles. The second-order valence-corrected chi connectivity index (χ2v) is 7.41. The number of aryl methyl sites for hydroxylation is 1. The SMILES string of the molecule is CCCCCN(C(=O)c1cccc(C)c1C)c1c(N)n(CCCC)c(=O)[nH]c1=O. The number of carbonyl (C=O) groups is 1. The number of rotatable bonds is 9. The monoisotopic (exact) mass is 400 g/mol. The summed E-state index contributed by atoms with van der Waals surface area (Å²) in [6.07, 6.45) is 4.26. The van der Waals surface area contributed by atoms with Crippen LogP contribution >= 0.6 is 0 Å². The van der Waals surface area contributed by atoms with Gasteiger partial charge in [0.2, 0.25) is 0 Å². The Morgan fingerprint density at radius 3 is 2.45 bits per heavy atom. The number of unbranched alkanes of at least 4 members (excludes halogenated alkanes) is 3. The molecule has 1 amide bonds. The highest BCUT2D eigenvalue weighted by atomic mass is 16.2. The van der Waals surface area contributed by atoms with Crippen LogP contribution in [-0.2, 0) is 6.54 Å². The average Bonchev–Trinajstić information content (AvgIpc) is 2.68. The third-order valence-corrected chi connectivity index (χ3v) is 5.28. The van der Waals surface area contributed by atoms with Gasteiger partial charge in [-0.3, -0.25) is 19.1 Å². The molecule has 0 radical (unpaired) electrons. The molecule has 0 saturated carbocycles. The normalized spacial score (nSPS) is 10.9. The number of nitrogens with two attached hydrogens (primary N) is 1. The highest BCUT2D eigenvalue weighted by Crippen LogP contribution is 2.23. The molecule has 0 aliphatic rings. The molecule has 0 unspecified atom stereocenters. The molecule has 0 atom stereocenters. The van der Waals surface area contributed by atoms with Gasteiger partial charge in [-0.1, -0.05) is 45.2 Å². The van der Waals surface area contributed by atoms with E-state index in [0.29, 0.717) is 18.7 Å². The molecule has 29 heavy (non-hydrogen) atoms. The van der Waals surface area contributed by atoms with E-state index >= 15 is 0 Å². The van der Waals surface area contributed by atoms with Crippen molar-refractivity contribution in [2.75, 3.05) is 17.2 Å². The van der Waals surface area contributed by atoms with E-state index in [0.717, 1.165) is 43.2 Å². The molecule has 1 aromatic carbocycles. The molecule has 7 heteroatoms. The van der Waals surface area contributed by atoms with Crippen LogP contribution in [0, 0.1) is 13.8 Å². The fourth-order valence-corrected chi connectivity index (χ4v) is 3.34. The van der Waals surface area contributed by atoms with Crippen molar-refractivity contribution in [3.63, 3.8) is 0 Å². The third kappa shape index (κ3) is 4.96. The molecule has 2 rings (SSSR count). The van der Waals surface area contributed by atoms with Gasteiger partial charge in [-0.15, -0.1) is 0 Å². The summed E-state index contributed by atoms with van der Waals surface area (Å²) in [7, 11) is 0. The number of aromatic nitrogens is 2. The van der Waals surface area contributed by atoms with Crippen molar-refractivity contribution in [3.05, 3.63) is 55.7 Å². The van der Waals surface area contributed by atoms with Crippen molar-refractivity contribution in [1.82, 2.24) is 9.55 Å². The molecule has 0 aliphatic carbocycles. The van der Waals surface area contributed by atoms with Crippen LogP contribution in [0.5, 0.6) is 0 Å². The van der Waals surface area contributed by atoms with E-state index in [9.17, 15) is 14.4 Å². The Bertz CT molecular complexity index is 975. The Morgan fingerprint density at radius 1 is 1.10 bits per heavy atom. The Hall–Kier alpha value is -2.83. The lowest BCUT2D eigenvalue weighted by Crippen LogP contribution is -2.42. The molecular weight excluding hydrogens is 368 g/mol. The lowest BCUT2D eigenvalue weighted by atomic mass is 10.0. The molecule has 158 valence electrons. The Morgan fingerprint density at radius 2 is 1.79 bits per heavy atom. The maximum Gasteiger partial charge on any atom is 0.330 e. The van der Waals surface area contributed by atoms with Crippen molar-refractivity contribution in [2.45, 2.75) is 66.3 Å². The second-order valence-electron chi connectivity index (χ2n) is 7.41. The zero-order valence-electron chi connectivity index (χ0n) is 17.9. The molecular formula is C22H32N4O3. The summed E-state index contributed by atoms with van der Waals surface area (Å²) in [5.41, 5.74) is 7.55. The lowest BCUT2D eigenvalue weighted by molar-refractivity contribution is 0.0985. The van der Waals surface area contributed by atoms with Crippen LogP contribution in [0.3, 0.4) is 0 Å². The van der Waals surface area contributed by atoms with Gasteiger partial charge in [-0.2, -0.15) is 0 Å². The third-order valence-electron chi connectivity index (χ3n) is 5.28. The molecule has 0 spiro atoms. The van der Waals surface area contributed by atoms with Gasteiger partial charge in [0.15, 0.2) is 5.69 Å². The Kier molecular flexibility index (Phi) is 7.82. The number of carbonyl (C=O) groups excluding carboxylic acids is 1. The first-order chi connectivity index (χ1) is 13.8. The number of aromatic amines is 1. The van der Waals surface area contributed by atoms with Crippen LogP contribution in [0.15, 0.2) is 27.8 Å². The van der Waals surface area contributed by atoms with E-state index in [1.807, 2.05) is 32.9 Å². The standard InChI is InChI=1S/C22H32N4O3/c1-5-7-9-14-25(21(28)17-12-10-11-15(3)16(17)4)18-19(23)26(13-8-6-2)22(29)24-20(18)27/h10-12H,5-9,13-14,23H2,1-4H3,(H,24,27,29). The number of nitrogens with one attached hydrogen (secondary N) is 1. The van der Waals surface area contributed by atoms with E-state index in [1.165, 1.54) is 9.47 Å². The largest absolute Gasteiger partial charge is 0.383 e. The molecule has 2 aromatic rings. The number of hydrogen-bond acceptors (Lipinski definition) is 4. The maximum atomic E-state index is 13.5. The number of anilines is 2.